The van der Waals surface area contributed by atoms with Gasteiger partial charge in [0.25, 0.3) is 0 Å². The Hall–Kier alpha value is -1.79. The van der Waals surface area contributed by atoms with Crippen LogP contribution in [0.4, 0.5) is 4.79 Å². The van der Waals surface area contributed by atoms with E-state index < -0.39 is 11.9 Å². The maximum absolute atomic E-state index is 12.3. The number of aliphatic carboxylic acids is 1. The molecule has 0 bridgehead atoms. The molecule has 3 atom stereocenters. The van der Waals surface area contributed by atoms with Gasteiger partial charge in [-0.2, -0.15) is 0 Å². The number of urea groups is 1. The third-order valence-electron chi connectivity index (χ3n) is 4.07. The zero-order valence-corrected chi connectivity index (χ0v) is 11.8. The number of amides is 3. The van der Waals surface area contributed by atoms with Crippen LogP contribution < -0.4 is 5.32 Å². The Labute approximate surface area is 117 Å². The van der Waals surface area contributed by atoms with E-state index in [1.807, 2.05) is 6.92 Å². The second-order valence-electron chi connectivity index (χ2n) is 5.74. The molecule has 3 amide bonds. The Bertz CT molecular complexity index is 426. The molecule has 2 aliphatic heterocycles. The van der Waals surface area contributed by atoms with Gasteiger partial charge in [0.1, 0.15) is 0 Å². The Kier molecular flexibility index (Phi) is 4.15. The molecule has 20 heavy (non-hydrogen) atoms. The minimum Gasteiger partial charge on any atom is -0.481 e. The topological polar surface area (TPSA) is 90.0 Å². The van der Waals surface area contributed by atoms with E-state index in [2.05, 4.69) is 5.32 Å². The summed E-state index contributed by atoms with van der Waals surface area (Å²) in [6.07, 6.45) is 0.747. The molecule has 2 aliphatic rings. The van der Waals surface area contributed by atoms with Crippen molar-refractivity contribution in [2.75, 3.05) is 26.2 Å². The smallest absolute Gasteiger partial charge is 0.320 e. The number of nitrogens with zero attached hydrogens (tertiary/aromatic N) is 2. The van der Waals surface area contributed by atoms with Crippen LogP contribution in [0.25, 0.3) is 0 Å². The molecule has 0 aliphatic carbocycles. The van der Waals surface area contributed by atoms with E-state index in [1.54, 1.807) is 9.80 Å². The van der Waals surface area contributed by atoms with E-state index in [0.717, 1.165) is 6.42 Å². The van der Waals surface area contributed by atoms with Gasteiger partial charge in [-0.1, -0.05) is 6.92 Å². The highest BCUT2D eigenvalue weighted by Gasteiger charge is 2.39. The molecule has 7 heteroatoms. The Morgan fingerprint density at radius 1 is 1.15 bits per heavy atom. The molecular formula is C13H21N3O4. The third-order valence-corrected chi connectivity index (χ3v) is 4.07. The second kappa shape index (κ2) is 5.68. The lowest BCUT2D eigenvalue weighted by Gasteiger charge is -2.24. The van der Waals surface area contributed by atoms with Crippen LogP contribution in [0.1, 0.15) is 20.3 Å². The van der Waals surface area contributed by atoms with Crippen molar-refractivity contribution < 1.29 is 19.5 Å². The summed E-state index contributed by atoms with van der Waals surface area (Å²) in [4.78, 5) is 37.7. The molecule has 2 heterocycles. The minimum absolute atomic E-state index is 0.00625. The summed E-state index contributed by atoms with van der Waals surface area (Å²) >= 11 is 0. The van der Waals surface area contributed by atoms with E-state index in [9.17, 15) is 14.4 Å². The lowest BCUT2D eigenvalue weighted by molar-refractivity contribution is -0.142. The molecule has 2 rings (SSSR count). The quantitative estimate of drug-likeness (QED) is 0.744. The van der Waals surface area contributed by atoms with Gasteiger partial charge in [0.2, 0.25) is 5.91 Å². The zero-order valence-electron chi connectivity index (χ0n) is 11.8. The standard InChI is InChI=1S/C13H21N3O4/c1-8-5-16(7-11(8)12(18)19)13(20)15-4-3-10(6-15)14-9(2)17/h8,10-11H,3-7H2,1-2H3,(H,14,17)(H,18,19)/t8-,10?,11-/m1/s1. The van der Waals surface area contributed by atoms with Gasteiger partial charge >= 0.3 is 12.0 Å². The van der Waals surface area contributed by atoms with Crippen LogP contribution in [0.5, 0.6) is 0 Å². The SMILES string of the molecule is CC(=O)NC1CCN(C(=O)N2C[C@@H](C)[C@H](C(=O)O)C2)C1. The summed E-state index contributed by atoms with van der Waals surface area (Å²) in [7, 11) is 0. The second-order valence-corrected chi connectivity index (χ2v) is 5.74. The Balaban J connectivity index is 1.90. The zero-order chi connectivity index (χ0) is 14.9. The maximum atomic E-state index is 12.3. The molecule has 7 nitrogen and oxygen atoms in total. The normalized spacial score (nSPS) is 29.6. The first-order valence-corrected chi connectivity index (χ1v) is 6.92. The van der Waals surface area contributed by atoms with E-state index in [4.69, 9.17) is 5.11 Å². The minimum atomic E-state index is -0.842. The average molecular weight is 283 g/mol. The molecule has 2 saturated heterocycles. The number of rotatable bonds is 2. The van der Waals surface area contributed by atoms with Crippen LogP contribution in [0.3, 0.4) is 0 Å². The third kappa shape index (κ3) is 3.02. The molecule has 2 fully saturated rings. The van der Waals surface area contributed by atoms with Gasteiger partial charge in [-0.05, 0) is 12.3 Å². The highest BCUT2D eigenvalue weighted by molar-refractivity contribution is 5.78. The Morgan fingerprint density at radius 3 is 2.40 bits per heavy atom. The molecule has 0 spiro atoms. The van der Waals surface area contributed by atoms with Crippen molar-refractivity contribution in [1.82, 2.24) is 15.1 Å². The first-order valence-electron chi connectivity index (χ1n) is 6.92. The number of carboxylic acid groups (broad SMARTS) is 1. The van der Waals surface area contributed by atoms with E-state index in [-0.39, 0.29) is 30.4 Å². The molecule has 0 aromatic heterocycles. The first kappa shape index (κ1) is 14.6. The summed E-state index contributed by atoms with van der Waals surface area (Å²) < 4.78 is 0. The van der Waals surface area contributed by atoms with Crippen molar-refractivity contribution in [3.63, 3.8) is 0 Å². The first-order chi connectivity index (χ1) is 9.38. The number of likely N-dealkylation sites (tertiary alicyclic amines) is 2. The lowest BCUT2D eigenvalue weighted by atomic mass is 9.99. The molecule has 0 saturated carbocycles. The predicted molar refractivity (Wildman–Crippen MR) is 71.1 cm³/mol. The van der Waals surface area contributed by atoms with Crippen molar-refractivity contribution >= 4 is 17.9 Å². The molecule has 0 radical (unpaired) electrons. The summed E-state index contributed by atoms with van der Waals surface area (Å²) in [6.45, 7) is 5.18. The molecule has 112 valence electrons. The van der Waals surface area contributed by atoms with Crippen LogP contribution in [-0.4, -0.2) is 65.0 Å². The van der Waals surface area contributed by atoms with Crippen molar-refractivity contribution in [1.29, 1.82) is 0 Å². The van der Waals surface area contributed by atoms with Crippen LogP contribution in [0.2, 0.25) is 0 Å². The number of hydrogen-bond acceptors (Lipinski definition) is 3. The van der Waals surface area contributed by atoms with Gasteiger partial charge < -0.3 is 20.2 Å². The fourth-order valence-corrected chi connectivity index (χ4v) is 2.98. The molecule has 0 aromatic rings. The van der Waals surface area contributed by atoms with Crippen LogP contribution >= 0.6 is 0 Å². The van der Waals surface area contributed by atoms with E-state index in [0.29, 0.717) is 19.6 Å². The average Bonchev–Trinajstić information content (AvgIpc) is 2.94. The summed E-state index contributed by atoms with van der Waals surface area (Å²) in [5.41, 5.74) is 0. The highest BCUT2D eigenvalue weighted by atomic mass is 16.4. The largest absolute Gasteiger partial charge is 0.481 e. The summed E-state index contributed by atoms with van der Waals surface area (Å²) in [5, 5.41) is 11.9. The fraction of sp³-hybridized carbons (Fsp3) is 0.769. The van der Waals surface area contributed by atoms with Gasteiger partial charge in [-0.25, -0.2) is 4.79 Å². The van der Waals surface area contributed by atoms with E-state index in [1.165, 1.54) is 6.92 Å². The monoisotopic (exact) mass is 283 g/mol. The number of nitrogens with one attached hydrogen (secondary N) is 1. The summed E-state index contributed by atoms with van der Waals surface area (Å²) in [5.74, 6) is -1.44. The molecule has 1 unspecified atom stereocenters. The van der Waals surface area contributed by atoms with Crippen LogP contribution in [0, 0.1) is 11.8 Å². The van der Waals surface area contributed by atoms with Gasteiger partial charge in [-0.15, -0.1) is 0 Å². The lowest BCUT2D eigenvalue weighted by Crippen LogP contribution is -2.43. The van der Waals surface area contributed by atoms with Gasteiger partial charge in [0.15, 0.2) is 0 Å². The van der Waals surface area contributed by atoms with Crippen molar-refractivity contribution in [3.8, 4) is 0 Å². The predicted octanol–water partition coefficient (Wildman–Crippen LogP) is -0.0307. The highest BCUT2D eigenvalue weighted by Crippen LogP contribution is 2.25. The van der Waals surface area contributed by atoms with Crippen molar-refractivity contribution in [2.24, 2.45) is 11.8 Å². The number of carboxylic acids is 1. The van der Waals surface area contributed by atoms with Crippen LogP contribution in [-0.2, 0) is 9.59 Å². The number of carbonyl (C=O) groups is 3. The van der Waals surface area contributed by atoms with E-state index >= 15 is 0 Å². The van der Waals surface area contributed by atoms with Crippen molar-refractivity contribution in [3.05, 3.63) is 0 Å². The molecular weight excluding hydrogens is 262 g/mol. The number of hydrogen-bond donors (Lipinski definition) is 2. The van der Waals surface area contributed by atoms with Crippen LogP contribution in [0.15, 0.2) is 0 Å². The Morgan fingerprint density at radius 2 is 1.85 bits per heavy atom. The molecule has 2 N–H and O–H groups in total. The van der Waals surface area contributed by atoms with Gasteiger partial charge in [0, 0.05) is 39.1 Å². The van der Waals surface area contributed by atoms with Gasteiger partial charge in [-0.3, -0.25) is 9.59 Å². The van der Waals surface area contributed by atoms with Gasteiger partial charge in [0.05, 0.1) is 5.92 Å². The maximum Gasteiger partial charge on any atom is 0.320 e. The number of carbonyl (C=O) groups excluding carboxylic acids is 2. The summed E-state index contributed by atoms with van der Waals surface area (Å²) in [6, 6.07) is -0.111. The molecule has 0 aromatic carbocycles. The van der Waals surface area contributed by atoms with Crippen molar-refractivity contribution in [2.45, 2.75) is 26.3 Å². The fourth-order valence-electron chi connectivity index (χ4n) is 2.98.